The lowest BCUT2D eigenvalue weighted by molar-refractivity contribution is 0.1000. The van der Waals surface area contributed by atoms with Gasteiger partial charge in [-0.1, -0.05) is 0 Å². The Kier molecular flexibility index (Phi) is 6.00. The highest BCUT2D eigenvalue weighted by Crippen LogP contribution is 2.29. The van der Waals surface area contributed by atoms with Crippen molar-refractivity contribution >= 4 is 23.5 Å². The maximum Gasteiger partial charge on any atom is 0.250 e. The van der Waals surface area contributed by atoms with Crippen LogP contribution in [0.15, 0.2) is 42.9 Å². The van der Waals surface area contributed by atoms with Gasteiger partial charge in [-0.15, -0.1) is 0 Å². The molecule has 34 heavy (non-hydrogen) atoms. The van der Waals surface area contributed by atoms with Gasteiger partial charge in [0.1, 0.15) is 11.6 Å². The highest BCUT2D eigenvalue weighted by atomic mass is 16.1. The number of piperazine rings is 1. The molecule has 3 aromatic rings. The molecule has 176 valence electrons. The molecular formula is C25H30N8O. The van der Waals surface area contributed by atoms with Gasteiger partial charge < -0.3 is 20.4 Å². The van der Waals surface area contributed by atoms with E-state index in [4.69, 9.17) is 15.7 Å². The first-order valence-electron chi connectivity index (χ1n) is 11.8. The van der Waals surface area contributed by atoms with Crippen LogP contribution in [-0.2, 0) is 0 Å². The monoisotopic (exact) mass is 458 g/mol. The summed E-state index contributed by atoms with van der Waals surface area (Å²) in [6.45, 7) is 8.46. The summed E-state index contributed by atoms with van der Waals surface area (Å²) in [7, 11) is 0. The second-order valence-corrected chi connectivity index (χ2v) is 9.03. The van der Waals surface area contributed by atoms with Gasteiger partial charge in [0.25, 0.3) is 0 Å². The Labute approximate surface area is 199 Å². The van der Waals surface area contributed by atoms with Crippen LogP contribution in [0.25, 0.3) is 11.3 Å². The molecule has 5 heterocycles. The molecule has 0 bridgehead atoms. The number of primary amides is 1. The quantitative estimate of drug-likeness (QED) is 0.622. The summed E-state index contributed by atoms with van der Waals surface area (Å²) in [5, 5.41) is 0. The van der Waals surface area contributed by atoms with Crippen molar-refractivity contribution in [3.8, 4) is 11.3 Å². The van der Waals surface area contributed by atoms with Gasteiger partial charge in [0.05, 0.1) is 11.3 Å². The van der Waals surface area contributed by atoms with Crippen LogP contribution in [0.1, 0.15) is 35.7 Å². The Morgan fingerprint density at radius 2 is 1.76 bits per heavy atom. The summed E-state index contributed by atoms with van der Waals surface area (Å²) in [6.07, 6.45) is 7.49. The van der Waals surface area contributed by atoms with Crippen molar-refractivity contribution in [1.29, 1.82) is 0 Å². The van der Waals surface area contributed by atoms with Crippen molar-refractivity contribution in [3.63, 3.8) is 0 Å². The number of nitrogens with two attached hydrogens (primary N) is 1. The van der Waals surface area contributed by atoms with Crippen LogP contribution in [0.4, 0.5) is 17.6 Å². The van der Waals surface area contributed by atoms with Gasteiger partial charge in [-0.05, 0) is 50.5 Å². The molecule has 9 nitrogen and oxygen atoms in total. The first-order valence-corrected chi connectivity index (χ1v) is 11.8. The average molecular weight is 459 g/mol. The van der Waals surface area contributed by atoms with Crippen LogP contribution in [0, 0.1) is 6.92 Å². The number of nitrogens with zero attached hydrogens (tertiary/aromatic N) is 7. The summed E-state index contributed by atoms with van der Waals surface area (Å²) < 4.78 is 0. The van der Waals surface area contributed by atoms with Crippen LogP contribution in [0.2, 0.25) is 0 Å². The third-order valence-corrected chi connectivity index (χ3v) is 6.73. The number of anilines is 3. The molecule has 2 saturated heterocycles. The lowest BCUT2D eigenvalue weighted by Crippen LogP contribution is -2.47. The lowest BCUT2D eigenvalue weighted by Gasteiger charge is -2.37. The van der Waals surface area contributed by atoms with Crippen molar-refractivity contribution in [2.45, 2.75) is 32.7 Å². The molecule has 2 fully saturated rings. The zero-order valence-electron chi connectivity index (χ0n) is 19.7. The molecule has 0 radical (unpaired) electrons. The number of hydrogen-bond acceptors (Lipinski definition) is 8. The fraction of sp³-hybridized carbons (Fsp3) is 0.400. The molecule has 1 unspecified atom stereocenters. The second kappa shape index (κ2) is 9.24. The standard InChI is InChI=1S/C25H30N8O/c1-17-14-20(23(26)34)16-28-24(17)32-12-10-31(11-13-32)22-15-21(19-5-7-27-8-6-19)29-25(30-22)33-9-3-4-18(33)2/h5-8,14-16,18H,3-4,9-13H2,1-2H3,(H2,26,34). The molecule has 0 spiro atoms. The fourth-order valence-corrected chi connectivity index (χ4v) is 4.79. The molecule has 0 aliphatic carbocycles. The van der Waals surface area contributed by atoms with Crippen molar-refractivity contribution < 1.29 is 4.79 Å². The van der Waals surface area contributed by atoms with E-state index in [1.807, 2.05) is 25.1 Å². The zero-order chi connectivity index (χ0) is 23.7. The van der Waals surface area contributed by atoms with Crippen LogP contribution in [-0.4, -0.2) is 64.6 Å². The molecule has 1 atom stereocenters. The SMILES string of the molecule is Cc1cc(C(N)=O)cnc1N1CCN(c2cc(-c3ccncc3)nc(N3CCCC3C)n2)CC1. The minimum absolute atomic E-state index is 0.438. The summed E-state index contributed by atoms with van der Waals surface area (Å²) >= 11 is 0. The smallest absolute Gasteiger partial charge is 0.250 e. The summed E-state index contributed by atoms with van der Waals surface area (Å²) in [6, 6.07) is 8.32. The Morgan fingerprint density at radius 3 is 2.41 bits per heavy atom. The highest BCUT2D eigenvalue weighted by Gasteiger charge is 2.26. The number of rotatable bonds is 5. The van der Waals surface area contributed by atoms with Gasteiger partial charge in [0.2, 0.25) is 11.9 Å². The van der Waals surface area contributed by atoms with E-state index < -0.39 is 5.91 Å². The normalized spacial score (nSPS) is 18.4. The topological polar surface area (TPSA) is 104 Å². The van der Waals surface area contributed by atoms with Gasteiger partial charge in [-0.3, -0.25) is 9.78 Å². The van der Waals surface area contributed by atoms with E-state index >= 15 is 0 Å². The molecule has 9 heteroatoms. The van der Waals surface area contributed by atoms with E-state index in [1.165, 1.54) is 6.42 Å². The molecule has 2 N–H and O–H groups in total. The van der Waals surface area contributed by atoms with E-state index in [0.29, 0.717) is 11.6 Å². The predicted molar refractivity (Wildman–Crippen MR) is 133 cm³/mol. The molecule has 1 amide bonds. The van der Waals surface area contributed by atoms with Gasteiger partial charge in [-0.2, -0.15) is 4.98 Å². The zero-order valence-corrected chi connectivity index (χ0v) is 19.7. The molecule has 5 rings (SSSR count). The van der Waals surface area contributed by atoms with Crippen molar-refractivity contribution in [1.82, 2.24) is 19.9 Å². The number of pyridine rings is 2. The summed E-state index contributed by atoms with van der Waals surface area (Å²) in [5.41, 5.74) is 8.75. The number of amides is 1. The number of aryl methyl sites for hydroxylation is 1. The molecular weight excluding hydrogens is 428 g/mol. The van der Waals surface area contributed by atoms with E-state index in [1.54, 1.807) is 18.6 Å². The molecule has 3 aromatic heterocycles. The minimum Gasteiger partial charge on any atom is -0.366 e. The number of hydrogen-bond donors (Lipinski definition) is 1. The van der Waals surface area contributed by atoms with Crippen molar-refractivity contribution in [3.05, 3.63) is 54.0 Å². The average Bonchev–Trinajstić information content (AvgIpc) is 3.30. The van der Waals surface area contributed by atoms with Gasteiger partial charge in [0.15, 0.2) is 0 Å². The molecule has 2 aliphatic rings. The maximum absolute atomic E-state index is 11.5. The largest absolute Gasteiger partial charge is 0.366 e. The second-order valence-electron chi connectivity index (χ2n) is 9.03. The van der Waals surface area contributed by atoms with E-state index in [0.717, 1.165) is 73.5 Å². The van der Waals surface area contributed by atoms with E-state index in [-0.39, 0.29) is 0 Å². The number of carbonyl (C=O) groups excluding carboxylic acids is 1. The molecule has 2 aliphatic heterocycles. The highest BCUT2D eigenvalue weighted by molar-refractivity contribution is 5.92. The summed E-state index contributed by atoms with van der Waals surface area (Å²) in [4.78, 5) is 37.0. The fourth-order valence-electron chi connectivity index (χ4n) is 4.79. The van der Waals surface area contributed by atoms with Crippen molar-refractivity contribution in [2.24, 2.45) is 5.73 Å². The third-order valence-electron chi connectivity index (χ3n) is 6.73. The van der Waals surface area contributed by atoms with Gasteiger partial charge in [-0.25, -0.2) is 9.97 Å². The van der Waals surface area contributed by atoms with Crippen LogP contribution >= 0.6 is 0 Å². The van der Waals surface area contributed by atoms with Gasteiger partial charge in [0, 0.05) is 69.0 Å². The predicted octanol–water partition coefficient (Wildman–Crippen LogP) is 2.66. The Bertz CT molecular complexity index is 1180. The molecule has 0 saturated carbocycles. The van der Waals surface area contributed by atoms with Crippen molar-refractivity contribution in [2.75, 3.05) is 47.4 Å². The van der Waals surface area contributed by atoms with Crippen LogP contribution in [0.3, 0.4) is 0 Å². The first-order chi connectivity index (χ1) is 16.5. The number of carbonyl (C=O) groups is 1. The van der Waals surface area contributed by atoms with Gasteiger partial charge >= 0.3 is 0 Å². The summed E-state index contributed by atoms with van der Waals surface area (Å²) in [5.74, 6) is 2.20. The van der Waals surface area contributed by atoms with Crippen LogP contribution in [0.5, 0.6) is 0 Å². The van der Waals surface area contributed by atoms with E-state index in [9.17, 15) is 4.79 Å². The minimum atomic E-state index is -0.455. The Hall–Kier alpha value is -3.75. The molecule has 0 aromatic carbocycles. The number of aromatic nitrogens is 4. The third kappa shape index (κ3) is 4.37. The Morgan fingerprint density at radius 1 is 1.03 bits per heavy atom. The first kappa shape index (κ1) is 22.1. The van der Waals surface area contributed by atoms with E-state index in [2.05, 4.69) is 37.7 Å². The van der Waals surface area contributed by atoms with Crippen LogP contribution < -0.4 is 20.4 Å². The lowest BCUT2D eigenvalue weighted by atomic mass is 10.1. The Balaban J connectivity index is 1.39. The maximum atomic E-state index is 11.5.